The molecule has 0 bridgehead atoms. The highest BCUT2D eigenvalue weighted by Gasteiger charge is 2.07. The average molecular weight is 247 g/mol. The Morgan fingerprint density at radius 1 is 1.61 bits per heavy atom. The Labute approximate surface area is 106 Å². The van der Waals surface area contributed by atoms with E-state index in [1.807, 2.05) is 6.92 Å². The predicted octanol–water partition coefficient (Wildman–Crippen LogP) is 0.421. The summed E-state index contributed by atoms with van der Waals surface area (Å²) in [6.07, 6.45) is 2.00. The van der Waals surface area contributed by atoms with Crippen molar-refractivity contribution in [3.8, 4) is 6.07 Å². The SMILES string of the molecule is CCN(CCC#N)Cc1ccc(C(=O)NN)cn1. The van der Waals surface area contributed by atoms with Crippen molar-refractivity contribution in [3.05, 3.63) is 29.6 Å². The van der Waals surface area contributed by atoms with Gasteiger partial charge < -0.3 is 0 Å². The second-order valence-corrected chi connectivity index (χ2v) is 3.79. The van der Waals surface area contributed by atoms with Gasteiger partial charge in [0.1, 0.15) is 0 Å². The summed E-state index contributed by atoms with van der Waals surface area (Å²) in [5, 5.41) is 8.55. The first kappa shape index (κ1) is 14.1. The molecule has 1 heterocycles. The van der Waals surface area contributed by atoms with E-state index < -0.39 is 0 Å². The summed E-state index contributed by atoms with van der Waals surface area (Å²) < 4.78 is 0. The Bertz CT molecular complexity index is 423. The van der Waals surface area contributed by atoms with Gasteiger partial charge in [-0.05, 0) is 18.7 Å². The Morgan fingerprint density at radius 2 is 2.39 bits per heavy atom. The number of carbonyl (C=O) groups is 1. The summed E-state index contributed by atoms with van der Waals surface area (Å²) in [4.78, 5) is 17.5. The first-order valence-electron chi connectivity index (χ1n) is 5.76. The lowest BCUT2D eigenvalue weighted by Crippen LogP contribution is -2.30. The molecule has 3 N–H and O–H groups in total. The van der Waals surface area contributed by atoms with Crippen LogP contribution in [0.4, 0.5) is 0 Å². The molecule has 0 spiro atoms. The van der Waals surface area contributed by atoms with Crippen LogP contribution < -0.4 is 11.3 Å². The number of nitrogen functional groups attached to an aromatic ring is 1. The van der Waals surface area contributed by atoms with Crippen molar-refractivity contribution in [2.24, 2.45) is 5.84 Å². The Morgan fingerprint density at radius 3 is 2.89 bits per heavy atom. The number of hydrogen-bond acceptors (Lipinski definition) is 5. The number of pyridine rings is 1. The predicted molar refractivity (Wildman–Crippen MR) is 67.1 cm³/mol. The molecule has 0 saturated heterocycles. The number of nitrogens with one attached hydrogen (secondary N) is 1. The summed E-state index contributed by atoms with van der Waals surface area (Å²) in [7, 11) is 0. The number of carbonyl (C=O) groups excluding carboxylic acids is 1. The third kappa shape index (κ3) is 4.13. The molecule has 0 radical (unpaired) electrons. The first-order chi connectivity index (χ1) is 8.71. The van der Waals surface area contributed by atoms with Gasteiger partial charge in [-0.2, -0.15) is 5.26 Å². The molecule has 0 aliphatic carbocycles. The number of nitrogens with two attached hydrogens (primary N) is 1. The molecule has 0 atom stereocenters. The van der Waals surface area contributed by atoms with E-state index in [1.165, 1.54) is 6.20 Å². The minimum atomic E-state index is -0.356. The maximum atomic E-state index is 11.2. The molecule has 18 heavy (non-hydrogen) atoms. The van der Waals surface area contributed by atoms with E-state index in [0.29, 0.717) is 18.5 Å². The summed E-state index contributed by atoms with van der Waals surface area (Å²) in [6.45, 7) is 4.28. The van der Waals surface area contributed by atoms with Crippen LogP contribution in [0, 0.1) is 11.3 Å². The fraction of sp³-hybridized carbons (Fsp3) is 0.417. The zero-order chi connectivity index (χ0) is 13.4. The maximum Gasteiger partial charge on any atom is 0.266 e. The average Bonchev–Trinajstić information content (AvgIpc) is 2.43. The number of nitriles is 1. The molecule has 1 rings (SSSR count). The summed E-state index contributed by atoms with van der Waals surface area (Å²) in [5.74, 6) is 4.68. The molecule has 1 amide bonds. The molecule has 0 aromatic carbocycles. The molecule has 0 fully saturated rings. The van der Waals surface area contributed by atoms with Gasteiger partial charge in [0.15, 0.2) is 0 Å². The van der Waals surface area contributed by atoms with Crippen LogP contribution in [0.15, 0.2) is 18.3 Å². The van der Waals surface area contributed by atoms with Gasteiger partial charge in [-0.3, -0.25) is 20.1 Å². The lowest BCUT2D eigenvalue weighted by molar-refractivity contribution is 0.0953. The number of amides is 1. The topological polar surface area (TPSA) is 95.0 Å². The molecule has 0 aliphatic rings. The molecule has 6 heteroatoms. The van der Waals surface area contributed by atoms with Crippen molar-refractivity contribution in [1.82, 2.24) is 15.3 Å². The highest BCUT2D eigenvalue weighted by molar-refractivity contribution is 5.93. The maximum absolute atomic E-state index is 11.2. The third-order valence-electron chi connectivity index (χ3n) is 2.59. The lowest BCUT2D eigenvalue weighted by Gasteiger charge is -2.18. The van der Waals surface area contributed by atoms with Crippen molar-refractivity contribution >= 4 is 5.91 Å². The quantitative estimate of drug-likeness (QED) is 0.431. The van der Waals surface area contributed by atoms with E-state index in [2.05, 4.69) is 21.4 Å². The Balaban J connectivity index is 2.62. The number of nitrogens with zero attached hydrogens (tertiary/aromatic N) is 3. The summed E-state index contributed by atoms with van der Waals surface area (Å²) >= 11 is 0. The minimum absolute atomic E-state index is 0.356. The van der Waals surface area contributed by atoms with Crippen LogP contribution in [-0.4, -0.2) is 28.9 Å². The molecule has 1 aromatic rings. The molecule has 6 nitrogen and oxygen atoms in total. The fourth-order valence-corrected chi connectivity index (χ4v) is 1.52. The van der Waals surface area contributed by atoms with Crippen LogP contribution in [-0.2, 0) is 6.54 Å². The first-order valence-corrected chi connectivity index (χ1v) is 5.76. The van der Waals surface area contributed by atoms with Crippen LogP contribution in [0.3, 0.4) is 0 Å². The molecular weight excluding hydrogens is 230 g/mol. The van der Waals surface area contributed by atoms with E-state index >= 15 is 0 Å². The van der Waals surface area contributed by atoms with E-state index in [0.717, 1.165) is 18.8 Å². The van der Waals surface area contributed by atoms with Gasteiger partial charge in [-0.15, -0.1) is 0 Å². The Kier molecular flexibility index (Phi) is 5.77. The molecule has 0 aliphatic heterocycles. The van der Waals surface area contributed by atoms with Gasteiger partial charge in [0.25, 0.3) is 5.91 Å². The zero-order valence-corrected chi connectivity index (χ0v) is 10.4. The smallest absolute Gasteiger partial charge is 0.266 e. The van der Waals surface area contributed by atoms with Crippen molar-refractivity contribution in [3.63, 3.8) is 0 Å². The monoisotopic (exact) mass is 247 g/mol. The van der Waals surface area contributed by atoms with Crippen LogP contribution in [0.25, 0.3) is 0 Å². The van der Waals surface area contributed by atoms with Gasteiger partial charge in [-0.25, -0.2) is 5.84 Å². The van der Waals surface area contributed by atoms with Crippen molar-refractivity contribution < 1.29 is 4.79 Å². The third-order valence-corrected chi connectivity index (χ3v) is 2.59. The van der Waals surface area contributed by atoms with Gasteiger partial charge in [0.2, 0.25) is 0 Å². The largest absolute Gasteiger partial charge is 0.297 e. The minimum Gasteiger partial charge on any atom is -0.297 e. The van der Waals surface area contributed by atoms with Crippen LogP contribution in [0.5, 0.6) is 0 Å². The molecule has 0 saturated carbocycles. The number of hydrazine groups is 1. The fourth-order valence-electron chi connectivity index (χ4n) is 1.52. The van der Waals surface area contributed by atoms with Gasteiger partial charge in [0.05, 0.1) is 17.3 Å². The van der Waals surface area contributed by atoms with Crippen molar-refractivity contribution in [2.45, 2.75) is 19.9 Å². The molecule has 96 valence electrons. The van der Waals surface area contributed by atoms with E-state index in [-0.39, 0.29) is 5.91 Å². The lowest BCUT2D eigenvalue weighted by atomic mass is 10.2. The number of aromatic nitrogens is 1. The van der Waals surface area contributed by atoms with E-state index in [1.54, 1.807) is 12.1 Å². The molecular formula is C12H17N5O. The zero-order valence-electron chi connectivity index (χ0n) is 10.4. The van der Waals surface area contributed by atoms with Gasteiger partial charge in [-0.1, -0.05) is 6.92 Å². The van der Waals surface area contributed by atoms with Gasteiger partial charge in [0, 0.05) is 25.7 Å². The second-order valence-electron chi connectivity index (χ2n) is 3.79. The normalized spacial score (nSPS) is 10.1. The summed E-state index contributed by atoms with van der Waals surface area (Å²) in [6, 6.07) is 5.60. The van der Waals surface area contributed by atoms with Gasteiger partial charge >= 0.3 is 0 Å². The number of hydrogen-bond donors (Lipinski definition) is 2. The second kappa shape index (κ2) is 7.37. The van der Waals surface area contributed by atoms with Crippen LogP contribution >= 0.6 is 0 Å². The van der Waals surface area contributed by atoms with Crippen LogP contribution in [0.2, 0.25) is 0 Å². The van der Waals surface area contributed by atoms with Crippen LogP contribution in [0.1, 0.15) is 29.4 Å². The van der Waals surface area contributed by atoms with E-state index in [9.17, 15) is 4.79 Å². The van der Waals surface area contributed by atoms with Crippen molar-refractivity contribution in [2.75, 3.05) is 13.1 Å². The highest BCUT2D eigenvalue weighted by Crippen LogP contribution is 2.04. The molecule has 0 unspecified atom stereocenters. The number of rotatable bonds is 6. The molecule has 1 aromatic heterocycles. The van der Waals surface area contributed by atoms with Crippen molar-refractivity contribution in [1.29, 1.82) is 5.26 Å². The standard InChI is InChI=1S/C12H17N5O/c1-2-17(7-3-6-13)9-11-5-4-10(8-15-11)12(18)16-14/h4-5,8H,2-3,7,9,14H2,1H3,(H,16,18). The van der Waals surface area contributed by atoms with E-state index in [4.69, 9.17) is 11.1 Å². The summed E-state index contributed by atoms with van der Waals surface area (Å²) in [5.41, 5.74) is 3.35. The highest BCUT2D eigenvalue weighted by atomic mass is 16.2. The Hall–Kier alpha value is -1.97.